The van der Waals surface area contributed by atoms with Crippen LogP contribution >= 0.6 is 0 Å². The average Bonchev–Trinajstić information content (AvgIpc) is 2.19. The first kappa shape index (κ1) is 10.4. The quantitative estimate of drug-likeness (QED) is 0.590. The van der Waals surface area contributed by atoms with Crippen molar-refractivity contribution in [2.75, 3.05) is 14.2 Å². The Hall–Kier alpha value is -1.71. The molecule has 0 aliphatic carbocycles. The third kappa shape index (κ3) is 2.16. The largest absolute Gasteiger partial charge is 0.504 e. The van der Waals surface area contributed by atoms with Gasteiger partial charge in [-0.25, -0.2) is 0 Å². The van der Waals surface area contributed by atoms with Gasteiger partial charge >= 0.3 is 0 Å². The van der Waals surface area contributed by atoms with E-state index in [1.807, 2.05) is 6.92 Å². The molecule has 0 saturated heterocycles. The predicted octanol–water partition coefficient (Wildman–Crippen LogP) is 1.77. The van der Waals surface area contributed by atoms with E-state index >= 15 is 0 Å². The Bertz CT molecular complexity index is 347. The number of phenolic OH excluding ortho intramolecular Hbond substituents is 1. The number of benzene rings is 1. The molecular weight excluding hydrogens is 182 g/mol. The van der Waals surface area contributed by atoms with Crippen LogP contribution in [-0.4, -0.2) is 25.0 Å². The van der Waals surface area contributed by atoms with Crippen molar-refractivity contribution in [3.05, 3.63) is 23.8 Å². The number of hydrogen-bond donors (Lipinski definition) is 1. The second-order valence-electron chi connectivity index (χ2n) is 2.75. The number of nitrogens with zero attached hydrogens (tertiary/aromatic N) is 1. The van der Waals surface area contributed by atoms with E-state index in [0.717, 1.165) is 11.3 Å². The topological polar surface area (TPSA) is 51.0 Å². The van der Waals surface area contributed by atoms with Gasteiger partial charge in [0.05, 0.1) is 12.8 Å². The van der Waals surface area contributed by atoms with Gasteiger partial charge in [-0.1, -0.05) is 5.16 Å². The lowest BCUT2D eigenvalue weighted by Crippen LogP contribution is -1.96. The van der Waals surface area contributed by atoms with Crippen molar-refractivity contribution in [1.82, 2.24) is 0 Å². The molecular formula is C10H13NO3. The highest BCUT2D eigenvalue weighted by Crippen LogP contribution is 2.26. The molecule has 4 nitrogen and oxygen atoms in total. The summed E-state index contributed by atoms with van der Waals surface area (Å²) in [5.41, 5.74) is 1.58. The maximum absolute atomic E-state index is 9.35. The van der Waals surface area contributed by atoms with E-state index in [9.17, 15) is 5.11 Å². The van der Waals surface area contributed by atoms with Crippen LogP contribution < -0.4 is 4.74 Å². The predicted molar refractivity (Wildman–Crippen MR) is 53.9 cm³/mol. The Morgan fingerprint density at radius 3 is 2.64 bits per heavy atom. The van der Waals surface area contributed by atoms with Gasteiger partial charge in [0.25, 0.3) is 0 Å². The molecule has 0 spiro atoms. The average molecular weight is 195 g/mol. The fourth-order valence-corrected chi connectivity index (χ4v) is 1.09. The molecule has 1 aromatic rings. The summed E-state index contributed by atoms with van der Waals surface area (Å²) >= 11 is 0. The van der Waals surface area contributed by atoms with Gasteiger partial charge in [0.15, 0.2) is 11.5 Å². The van der Waals surface area contributed by atoms with Crippen molar-refractivity contribution in [1.29, 1.82) is 0 Å². The Morgan fingerprint density at radius 1 is 1.36 bits per heavy atom. The van der Waals surface area contributed by atoms with Crippen molar-refractivity contribution < 1.29 is 14.7 Å². The Kier molecular flexibility index (Phi) is 3.34. The minimum atomic E-state index is 0.112. The monoisotopic (exact) mass is 195 g/mol. The molecule has 1 N–H and O–H groups in total. The summed E-state index contributed by atoms with van der Waals surface area (Å²) in [6.45, 7) is 1.81. The molecule has 0 unspecified atom stereocenters. The highest BCUT2D eigenvalue weighted by atomic mass is 16.6. The minimum absolute atomic E-state index is 0.112. The fourth-order valence-electron chi connectivity index (χ4n) is 1.09. The van der Waals surface area contributed by atoms with E-state index in [1.165, 1.54) is 14.2 Å². The summed E-state index contributed by atoms with van der Waals surface area (Å²) in [6.07, 6.45) is 0. The third-order valence-corrected chi connectivity index (χ3v) is 1.83. The van der Waals surface area contributed by atoms with E-state index in [-0.39, 0.29) is 5.75 Å². The number of hydrogen-bond acceptors (Lipinski definition) is 4. The van der Waals surface area contributed by atoms with Crippen LogP contribution in [0.5, 0.6) is 11.5 Å². The molecule has 0 aromatic heterocycles. The van der Waals surface area contributed by atoms with Crippen molar-refractivity contribution >= 4 is 5.71 Å². The van der Waals surface area contributed by atoms with E-state index in [4.69, 9.17) is 4.74 Å². The zero-order valence-corrected chi connectivity index (χ0v) is 8.44. The van der Waals surface area contributed by atoms with Crippen LogP contribution in [0.25, 0.3) is 0 Å². The second-order valence-corrected chi connectivity index (χ2v) is 2.75. The third-order valence-electron chi connectivity index (χ3n) is 1.83. The molecule has 76 valence electrons. The Morgan fingerprint density at radius 2 is 2.07 bits per heavy atom. The highest BCUT2D eigenvalue weighted by Gasteiger charge is 2.04. The fraction of sp³-hybridized carbons (Fsp3) is 0.300. The zero-order chi connectivity index (χ0) is 10.6. The van der Waals surface area contributed by atoms with Crippen LogP contribution in [0.2, 0.25) is 0 Å². The lowest BCUT2D eigenvalue weighted by molar-refractivity contribution is 0.213. The molecule has 0 amide bonds. The van der Waals surface area contributed by atoms with Crippen molar-refractivity contribution in [2.45, 2.75) is 6.92 Å². The summed E-state index contributed by atoms with van der Waals surface area (Å²) in [7, 11) is 2.99. The van der Waals surface area contributed by atoms with Crippen LogP contribution in [0.1, 0.15) is 12.5 Å². The SMILES string of the molecule is CON=C(C)c1ccc(O)c(OC)c1. The molecule has 0 aliphatic heterocycles. The molecule has 0 bridgehead atoms. The van der Waals surface area contributed by atoms with Crippen molar-refractivity contribution in [3.8, 4) is 11.5 Å². The second kappa shape index (κ2) is 4.50. The maximum atomic E-state index is 9.35. The minimum Gasteiger partial charge on any atom is -0.504 e. The lowest BCUT2D eigenvalue weighted by Gasteiger charge is -2.05. The van der Waals surface area contributed by atoms with Crippen LogP contribution in [0.3, 0.4) is 0 Å². The standard InChI is InChI=1S/C10H13NO3/c1-7(11-14-3)8-4-5-9(12)10(6-8)13-2/h4-6,12H,1-3H3. The molecule has 0 atom stereocenters. The molecule has 4 heteroatoms. The summed E-state index contributed by atoms with van der Waals surface area (Å²) in [4.78, 5) is 4.65. The number of phenols is 1. The van der Waals surface area contributed by atoms with Crippen molar-refractivity contribution in [3.63, 3.8) is 0 Å². The summed E-state index contributed by atoms with van der Waals surface area (Å²) in [5.74, 6) is 0.537. The van der Waals surface area contributed by atoms with Gasteiger partial charge in [-0.05, 0) is 25.1 Å². The van der Waals surface area contributed by atoms with Gasteiger partial charge in [0.1, 0.15) is 7.11 Å². The summed E-state index contributed by atoms with van der Waals surface area (Å²) in [5, 5.41) is 13.1. The number of aromatic hydroxyl groups is 1. The molecule has 14 heavy (non-hydrogen) atoms. The Balaban J connectivity index is 3.06. The molecule has 0 radical (unpaired) electrons. The normalized spacial score (nSPS) is 11.2. The van der Waals surface area contributed by atoms with Crippen LogP contribution in [-0.2, 0) is 4.84 Å². The van der Waals surface area contributed by atoms with Gasteiger partial charge in [-0.3, -0.25) is 0 Å². The van der Waals surface area contributed by atoms with E-state index in [1.54, 1.807) is 18.2 Å². The smallest absolute Gasteiger partial charge is 0.161 e. The number of rotatable bonds is 3. The van der Waals surface area contributed by atoms with Crippen LogP contribution in [0.4, 0.5) is 0 Å². The zero-order valence-electron chi connectivity index (χ0n) is 8.44. The van der Waals surface area contributed by atoms with Crippen molar-refractivity contribution in [2.24, 2.45) is 5.16 Å². The van der Waals surface area contributed by atoms with Gasteiger partial charge in [-0.15, -0.1) is 0 Å². The van der Waals surface area contributed by atoms with Gasteiger partial charge in [0.2, 0.25) is 0 Å². The number of oxime groups is 1. The van der Waals surface area contributed by atoms with E-state index in [0.29, 0.717) is 5.75 Å². The van der Waals surface area contributed by atoms with Gasteiger partial charge in [0, 0.05) is 5.56 Å². The van der Waals surface area contributed by atoms with E-state index < -0.39 is 0 Å². The molecule has 1 aromatic carbocycles. The number of ether oxygens (including phenoxy) is 1. The molecule has 0 fully saturated rings. The molecule has 0 heterocycles. The molecule has 0 saturated carbocycles. The van der Waals surface area contributed by atoms with Crippen LogP contribution in [0, 0.1) is 0 Å². The summed E-state index contributed by atoms with van der Waals surface area (Å²) < 4.78 is 4.97. The lowest BCUT2D eigenvalue weighted by atomic mass is 10.1. The first-order valence-electron chi connectivity index (χ1n) is 4.14. The summed E-state index contributed by atoms with van der Waals surface area (Å²) in [6, 6.07) is 5.01. The van der Waals surface area contributed by atoms with Gasteiger partial charge < -0.3 is 14.7 Å². The first-order chi connectivity index (χ1) is 6.69. The van der Waals surface area contributed by atoms with E-state index in [2.05, 4.69) is 9.99 Å². The molecule has 1 rings (SSSR count). The van der Waals surface area contributed by atoms with Crippen LogP contribution in [0.15, 0.2) is 23.4 Å². The molecule has 0 aliphatic rings. The van der Waals surface area contributed by atoms with Gasteiger partial charge in [-0.2, -0.15) is 0 Å². The first-order valence-corrected chi connectivity index (χ1v) is 4.14. The highest BCUT2D eigenvalue weighted by molar-refractivity contribution is 5.98. The Labute approximate surface area is 82.8 Å². The maximum Gasteiger partial charge on any atom is 0.161 e. The number of methoxy groups -OCH3 is 1.